The monoisotopic (exact) mass is 464 g/mol. The van der Waals surface area contributed by atoms with Gasteiger partial charge in [-0.2, -0.15) is 0 Å². The third kappa shape index (κ3) is 5.93. The molecular formula is C24H20Cl4O. The maximum Gasteiger partial charge on any atom is 0.119 e. The van der Waals surface area contributed by atoms with Crippen LogP contribution in [0, 0.1) is 0 Å². The Kier molecular flexibility index (Phi) is 8.32. The van der Waals surface area contributed by atoms with Crippen LogP contribution in [0.3, 0.4) is 0 Å². The number of alkyl halides is 2. The van der Waals surface area contributed by atoms with E-state index < -0.39 is 0 Å². The Morgan fingerprint density at radius 1 is 0.621 bits per heavy atom. The van der Waals surface area contributed by atoms with Crippen molar-refractivity contribution in [2.45, 2.75) is 6.42 Å². The van der Waals surface area contributed by atoms with E-state index in [2.05, 4.69) is 12.1 Å². The summed E-state index contributed by atoms with van der Waals surface area (Å²) in [7, 11) is 0. The highest BCUT2D eigenvalue weighted by atomic mass is 35.5. The van der Waals surface area contributed by atoms with Crippen molar-refractivity contribution in [1.29, 1.82) is 0 Å². The summed E-state index contributed by atoms with van der Waals surface area (Å²) in [5.41, 5.74) is 5.48. The van der Waals surface area contributed by atoms with Gasteiger partial charge in [-0.25, -0.2) is 0 Å². The van der Waals surface area contributed by atoms with E-state index in [1.165, 1.54) is 0 Å². The van der Waals surface area contributed by atoms with E-state index >= 15 is 0 Å². The summed E-state index contributed by atoms with van der Waals surface area (Å²) in [6, 6.07) is 23.7. The van der Waals surface area contributed by atoms with Gasteiger partial charge in [-0.3, -0.25) is 0 Å². The first-order chi connectivity index (χ1) is 14.1. The summed E-state index contributed by atoms with van der Waals surface area (Å²) in [5, 5.41) is 1.40. The minimum atomic E-state index is 0.452. The fraction of sp³-hybridized carbons (Fsp3) is 0.167. The zero-order valence-electron chi connectivity index (χ0n) is 15.7. The van der Waals surface area contributed by atoms with E-state index in [1.54, 1.807) is 0 Å². The molecule has 0 saturated carbocycles. The normalized spacial score (nSPS) is 11.9. The summed E-state index contributed by atoms with van der Waals surface area (Å²) < 4.78 is 5.62. The average Bonchev–Trinajstić information content (AvgIpc) is 2.74. The Balaban J connectivity index is 2.16. The molecule has 0 radical (unpaired) electrons. The second-order valence-electron chi connectivity index (χ2n) is 6.37. The Morgan fingerprint density at radius 2 is 1.10 bits per heavy atom. The van der Waals surface area contributed by atoms with Gasteiger partial charge in [0.15, 0.2) is 0 Å². The molecule has 0 spiro atoms. The maximum absolute atomic E-state index is 6.19. The van der Waals surface area contributed by atoms with Crippen LogP contribution < -0.4 is 4.74 Å². The van der Waals surface area contributed by atoms with Gasteiger partial charge in [-0.05, 0) is 70.7 Å². The number of rotatable bonds is 8. The van der Waals surface area contributed by atoms with Crippen LogP contribution in [0.15, 0.2) is 72.8 Å². The molecule has 0 unspecified atom stereocenters. The first-order valence-electron chi connectivity index (χ1n) is 9.22. The lowest BCUT2D eigenvalue weighted by atomic mass is 9.88. The minimum Gasteiger partial charge on any atom is -0.492 e. The molecule has 0 N–H and O–H groups in total. The smallest absolute Gasteiger partial charge is 0.119 e. The van der Waals surface area contributed by atoms with Crippen LogP contribution in [-0.4, -0.2) is 18.4 Å². The van der Waals surface area contributed by atoms with E-state index in [0.29, 0.717) is 34.8 Å². The van der Waals surface area contributed by atoms with E-state index in [0.717, 1.165) is 33.6 Å². The summed E-state index contributed by atoms with van der Waals surface area (Å²) in [6.07, 6.45) is 0.714. The fourth-order valence-electron chi connectivity index (χ4n) is 3.17. The summed E-state index contributed by atoms with van der Waals surface area (Å²) in [4.78, 5) is 0. The first kappa shape index (κ1) is 22.1. The molecule has 0 aliphatic rings. The van der Waals surface area contributed by atoms with Crippen LogP contribution in [0.1, 0.15) is 23.1 Å². The Hall–Kier alpha value is -1.64. The Bertz CT molecular complexity index is 946. The third-order valence-corrected chi connectivity index (χ3v) is 5.31. The molecule has 0 aliphatic carbocycles. The van der Waals surface area contributed by atoms with Crippen LogP contribution in [-0.2, 0) is 0 Å². The van der Waals surface area contributed by atoms with Crippen molar-refractivity contribution in [1.82, 2.24) is 0 Å². The van der Waals surface area contributed by atoms with Gasteiger partial charge in [-0.15, -0.1) is 23.2 Å². The van der Waals surface area contributed by atoms with E-state index in [1.807, 2.05) is 60.7 Å². The predicted octanol–water partition coefficient (Wildman–Crippen LogP) is 8.20. The first-order valence-corrected chi connectivity index (χ1v) is 11.0. The molecule has 3 rings (SSSR count). The van der Waals surface area contributed by atoms with Crippen molar-refractivity contribution < 1.29 is 4.74 Å². The largest absolute Gasteiger partial charge is 0.492 e. The highest BCUT2D eigenvalue weighted by Crippen LogP contribution is 2.36. The Morgan fingerprint density at radius 3 is 1.59 bits per heavy atom. The van der Waals surface area contributed by atoms with Crippen LogP contribution in [0.5, 0.6) is 5.75 Å². The van der Waals surface area contributed by atoms with Gasteiger partial charge in [0, 0.05) is 15.9 Å². The SMILES string of the molecule is ClCCOc1ccc(/C(=C(/CCCl)c2ccc(Cl)cc2)c2ccc(Cl)cc2)cc1. The zero-order chi connectivity index (χ0) is 20.6. The predicted molar refractivity (Wildman–Crippen MR) is 127 cm³/mol. The van der Waals surface area contributed by atoms with Crippen molar-refractivity contribution >= 4 is 57.5 Å². The standard InChI is InChI=1S/C24H20Cl4O/c25-14-13-23(17-1-7-20(27)8-2-17)24(18-3-9-21(28)10-4-18)19-5-11-22(12-6-19)29-16-15-26/h1-12H,13-16H2/b24-23-. The molecule has 3 aromatic carbocycles. The highest BCUT2D eigenvalue weighted by molar-refractivity contribution is 6.31. The molecule has 1 nitrogen and oxygen atoms in total. The lowest BCUT2D eigenvalue weighted by Crippen LogP contribution is -1.99. The molecule has 0 fully saturated rings. The van der Waals surface area contributed by atoms with Crippen molar-refractivity contribution in [2.75, 3.05) is 18.4 Å². The van der Waals surface area contributed by atoms with Gasteiger partial charge >= 0.3 is 0 Å². The summed E-state index contributed by atoms with van der Waals surface area (Å²) in [6.45, 7) is 0.475. The second-order valence-corrected chi connectivity index (χ2v) is 8.00. The minimum absolute atomic E-state index is 0.452. The van der Waals surface area contributed by atoms with E-state index in [9.17, 15) is 0 Å². The van der Waals surface area contributed by atoms with E-state index in [4.69, 9.17) is 51.1 Å². The molecule has 3 aromatic rings. The number of halogens is 4. The molecule has 0 atom stereocenters. The molecule has 5 heteroatoms. The zero-order valence-corrected chi connectivity index (χ0v) is 18.7. The van der Waals surface area contributed by atoms with Crippen LogP contribution in [0.25, 0.3) is 11.1 Å². The molecule has 0 heterocycles. The molecule has 0 aromatic heterocycles. The fourth-order valence-corrected chi connectivity index (χ4v) is 3.68. The third-order valence-electron chi connectivity index (χ3n) is 4.46. The molecular weight excluding hydrogens is 446 g/mol. The second kappa shape index (κ2) is 10.9. The van der Waals surface area contributed by atoms with Crippen LogP contribution >= 0.6 is 46.4 Å². The van der Waals surface area contributed by atoms with Gasteiger partial charge < -0.3 is 4.74 Å². The van der Waals surface area contributed by atoms with Gasteiger partial charge in [0.05, 0.1) is 5.88 Å². The number of allylic oxidation sites excluding steroid dienone is 1. The molecule has 0 aliphatic heterocycles. The van der Waals surface area contributed by atoms with Crippen LogP contribution in [0.2, 0.25) is 10.0 Å². The van der Waals surface area contributed by atoms with Crippen molar-refractivity contribution in [3.8, 4) is 5.75 Å². The summed E-state index contributed by atoms with van der Waals surface area (Å²) >= 11 is 24.1. The Labute approximate surface area is 191 Å². The molecule has 0 saturated heterocycles. The van der Waals surface area contributed by atoms with Gasteiger partial charge in [-0.1, -0.05) is 59.6 Å². The quantitative estimate of drug-likeness (QED) is 0.240. The number of benzene rings is 3. The number of hydrogen-bond acceptors (Lipinski definition) is 1. The lowest BCUT2D eigenvalue weighted by Gasteiger charge is -2.17. The molecule has 0 amide bonds. The van der Waals surface area contributed by atoms with Crippen molar-refractivity contribution in [3.63, 3.8) is 0 Å². The molecule has 150 valence electrons. The average molecular weight is 466 g/mol. The van der Waals surface area contributed by atoms with Gasteiger partial charge in [0.1, 0.15) is 12.4 Å². The molecule has 0 bridgehead atoms. The van der Waals surface area contributed by atoms with Crippen molar-refractivity contribution in [3.05, 3.63) is 99.5 Å². The summed E-state index contributed by atoms with van der Waals surface area (Å²) in [5.74, 6) is 1.75. The van der Waals surface area contributed by atoms with E-state index in [-0.39, 0.29) is 0 Å². The van der Waals surface area contributed by atoms with Crippen LogP contribution in [0.4, 0.5) is 0 Å². The maximum atomic E-state index is 6.19. The topological polar surface area (TPSA) is 9.23 Å². The lowest BCUT2D eigenvalue weighted by molar-refractivity contribution is 0.343. The number of hydrogen-bond donors (Lipinski definition) is 0. The van der Waals surface area contributed by atoms with Gasteiger partial charge in [0.25, 0.3) is 0 Å². The highest BCUT2D eigenvalue weighted by Gasteiger charge is 2.14. The van der Waals surface area contributed by atoms with Gasteiger partial charge in [0.2, 0.25) is 0 Å². The molecule has 29 heavy (non-hydrogen) atoms. The van der Waals surface area contributed by atoms with Crippen molar-refractivity contribution in [2.24, 2.45) is 0 Å². The number of ether oxygens (including phenoxy) is 1.